The van der Waals surface area contributed by atoms with Crippen molar-refractivity contribution in [3.8, 4) is 5.75 Å². The molecule has 0 aliphatic heterocycles. The summed E-state index contributed by atoms with van der Waals surface area (Å²) in [6.45, 7) is 11.6. The summed E-state index contributed by atoms with van der Waals surface area (Å²) in [5, 5.41) is 13.1. The molecule has 21 heavy (non-hydrogen) atoms. The van der Waals surface area contributed by atoms with E-state index in [1.807, 2.05) is 25.1 Å². The fraction of sp³-hybridized carbons (Fsp3) is 0.667. The molecule has 0 unspecified atom stereocenters. The summed E-state index contributed by atoms with van der Waals surface area (Å²) in [6, 6.07) is 6.45. The van der Waals surface area contributed by atoms with Gasteiger partial charge in [-0.05, 0) is 49.8 Å². The van der Waals surface area contributed by atoms with Crippen LogP contribution in [0.1, 0.15) is 53.0 Å². The van der Waals surface area contributed by atoms with Gasteiger partial charge in [-0.2, -0.15) is 0 Å². The Morgan fingerprint density at radius 3 is 2.19 bits per heavy atom. The van der Waals surface area contributed by atoms with Gasteiger partial charge in [0, 0.05) is 17.3 Å². The lowest BCUT2D eigenvalue weighted by Gasteiger charge is -2.24. The number of aliphatic hydroxyl groups excluding tert-OH is 1. The quantitative estimate of drug-likeness (QED) is 0.706. The zero-order chi connectivity index (χ0) is 15.8. The third-order valence-corrected chi connectivity index (χ3v) is 3.41. The number of hydrogen-bond donors (Lipinski definition) is 2. The average Bonchev–Trinajstić information content (AvgIpc) is 2.39. The summed E-state index contributed by atoms with van der Waals surface area (Å²) < 4.78 is 5.53. The van der Waals surface area contributed by atoms with Crippen molar-refractivity contribution in [1.29, 1.82) is 0 Å². The minimum absolute atomic E-state index is 0.00385. The Kier molecular flexibility index (Phi) is 7.58. The third kappa shape index (κ3) is 6.38. The van der Waals surface area contributed by atoms with Gasteiger partial charge in [-0.15, -0.1) is 0 Å². The van der Waals surface area contributed by atoms with E-state index >= 15 is 0 Å². The SMILES string of the molecule is CCOc1ccc(NC(CC(C)C)CC(C)C)cc1CO. The van der Waals surface area contributed by atoms with Crippen molar-refractivity contribution < 1.29 is 9.84 Å². The molecular weight excluding hydrogens is 262 g/mol. The van der Waals surface area contributed by atoms with Crippen LogP contribution in [-0.2, 0) is 6.61 Å². The maximum Gasteiger partial charge on any atom is 0.124 e. The lowest BCUT2D eigenvalue weighted by molar-refractivity contribution is 0.267. The van der Waals surface area contributed by atoms with E-state index in [2.05, 4.69) is 33.0 Å². The molecule has 0 aromatic heterocycles. The molecule has 120 valence electrons. The van der Waals surface area contributed by atoms with Gasteiger partial charge in [0.05, 0.1) is 13.2 Å². The van der Waals surface area contributed by atoms with E-state index in [1.54, 1.807) is 0 Å². The van der Waals surface area contributed by atoms with Crippen LogP contribution < -0.4 is 10.1 Å². The number of anilines is 1. The predicted octanol–water partition coefficient (Wildman–Crippen LogP) is 4.45. The van der Waals surface area contributed by atoms with Crippen LogP contribution >= 0.6 is 0 Å². The molecule has 1 rings (SSSR count). The number of ether oxygens (including phenoxy) is 1. The average molecular weight is 293 g/mol. The minimum atomic E-state index is 0.00385. The van der Waals surface area contributed by atoms with Crippen LogP contribution in [0.25, 0.3) is 0 Å². The highest BCUT2D eigenvalue weighted by atomic mass is 16.5. The van der Waals surface area contributed by atoms with Crippen LogP contribution in [0.5, 0.6) is 5.75 Å². The molecule has 1 aromatic carbocycles. The van der Waals surface area contributed by atoms with E-state index in [0.29, 0.717) is 24.5 Å². The highest BCUT2D eigenvalue weighted by molar-refractivity contribution is 5.51. The van der Waals surface area contributed by atoms with E-state index < -0.39 is 0 Å². The van der Waals surface area contributed by atoms with Crippen molar-refractivity contribution in [2.75, 3.05) is 11.9 Å². The Morgan fingerprint density at radius 2 is 1.71 bits per heavy atom. The fourth-order valence-corrected chi connectivity index (χ4v) is 2.68. The molecule has 0 heterocycles. The molecule has 0 spiro atoms. The van der Waals surface area contributed by atoms with Gasteiger partial charge in [-0.1, -0.05) is 27.7 Å². The maximum absolute atomic E-state index is 9.49. The zero-order valence-electron chi connectivity index (χ0n) is 14.1. The minimum Gasteiger partial charge on any atom is -0.494 e. The van der Waals surface area contributed by atoms with Crippen LogP contribution in [0, 0.1) is 11.8 Å². The number of hydrogen-bond acceptors (Lipinski definition) is 3. The van der Waals surface area contributed by atoms with Gasteiger partial charge < -0.3 is 15.2 Å². The fourth-order valence-electron chi connectivity index (χ4n) is 2.68. The van der Waals surface area contributed by atoms with Gasteiger partial charge in [0.25, 0.3) is 0 Å². The van der Waals surface area contributed by atoms with Crippen molar-refractivity contribution in [2.45, 2.75) is 60.1 Å². The normalized spacial score (nSPS) is 11.5. The third-order valence-electron chi connectivity index (χ3n) is 3.41. The van der Waals surface area contributed by atoms with Gasteiger partial charge in [-0.25, -0.2) is 0 Å². The molecule has 3 heteroatoms. The first-order valence-corrected chi connectivity index (χ1v) is 8.09. The molecule has 0 atom stereocenters. The molecule has 0 aliphatic carbocycles. The predicted molar refractivity (Wildman–Crippen MR) is 89.9 cm³/mol. The largest absolute Gasteiger partial charge is 0.494 e. The smallest absolute Gasteiger partial charge is 0.124 e. The second-order valence-corrected chi connectivity index (χ2v) is 6.51. The molecule has 3 nitrogen and oxygen atoms in total. The van der Waals surface area contributed by atoms with E-state index in [1.165, 1.54) is 0 Å². The van der Waals surface area contributed by atoms with Gasteiger partial charge in [0.15, 0.2) is 0 Å². The summed E-state index contributed by atoms with van der Waals surface area (Å²) in [5.74, 6) is 2.11. The molecule has 0 fully saturated rings. The summed E-state index contributed by atoms with van der Waals surface area (Å²) >= 11 is 0. The highest BCUT2D eigenvalue weighted by Gasteiger charge is 2.14. The molecule has 0 aliphatic rings. The van der Waals surface area contributed by atoms with Gasteiger partial charge in [0.1, 0.15) is 5.75 Å². The Labute approximate surface area is 129 Å². The molecule has 0 amide bonds. The topological polar surface area (TPSA) is 41.5 Å². The number of nitrogens with one attached hydrogen (secondary N) is 1. The second-order valence-electron chi connectivity index (χ2n) is 6.51. The molecular formula is C18H31NO2. The molecule has 0 radical (unpaired) electrons. The van der Waals surface area contributed by atoms with E-state index in [-0.39, 0.29) is 6.61 Å². The lowest BCUT2D eigenvalue weighted by atomic mass is 9.95. The Morgan fingerprint density at radius 1 is 1.10 bits per heavy atom. The zero-order valence-corrected chi connectivity index (χ0v) is 14.1. The first kappa shape index (κ1) is 17.8. The Balaban J connectivity index is 2.82. The first-order valence-electron chi connectivity index (χ1n) is 8.09. The number of benzene rings is 1. The maximum atomic E-state index is 9.49. The van der Waals surface area contributed by atoms with Crippen molar-refractivity contribution in [3.05, 3.63) is 23.8 Å². The summed E-state index contributed by atoms with van der Waals surface area (Å²) in [6.07, 6.45) is 2.31. The number of rotatable bonds is 9. The van der Waals surface area contributed by atoms with Crippen LogP contribution in [0.2, 0.25) is 0 Å². The Bertz CT molecular complexity index is 406. The van der Waals surface area contributed by atoms with Crippen LogP contribution in [0.15, 0.2) is 18.2 Å². The molecule has 1 aromatic rings. The molecule has 2 N–H and O–H groups in total. The standard InChI is InChI=1S/C18H31NO2/c1-6-21-18-8-7-16(11-15(18)12-20)19-17(9-13(2)3)10-14(4)5/h7-8,11,13-14,17,19-20H,6,9-10,12H2,1-5H3. The van der Waals surface area contributed by atoms with E-state index in [4.69, 9.17) is 4.74 Å². The summed E-state index contributed by atoms with van der Waals surface area (Å²) in [7, 11) is 0. The Hall–Kier alpha value is -1.22. The monoisotopic (exact) mass is 293 g/mol. The van der Waals surface area contributed by atoms with Crippen LogP contribution in [-0.4, -0.2) is 17.8 Å². The van der Waals surface area contributed by atoms with Crippen LogP contribution in [0.4, 0.5) is 5.69 Å². The second kappa shape index (κ2) is 8.93. The van der Waals surface area contributed by atoms with Crippen molar-refractivity contribution in [2.24, 2.45) is 11.8 Å². The van der Waals surface area contributed by atoms with Gasteiger partial charge in [0.2, 0.25) is 0 Å². The first-order chi connectivity index (χ1) is 9.96. The van der Waals surface area contributed by atoms with Gasteiger partial charge >= 0.3 is 0 Å². The van der Waals surface area contributed by atoms with Crippen LogP contribution in [0.3, 0.4) is 0 Å². The molecule has 0 bridgehead atoms. The number of aliphatic hydroxyl groups is 1. The molecule has 0 saturated carbocycles. The lowest BCUT2D eigenvalue weighted by Crippen LogP contribution is -2.23. The highest BCUT2D eigenvalue weighted by Crippen LogP contribution is 2.25. The van der Waals surface area contributed by atoms with E-state index in [9.17, 15) is 5.11 Å². The van der Waals surface area contributed by atoms with Crippen molar-refractivity contribution in [3.63, 3.8) is 0 Å². The van der Waals surface area contributed by atoms with E-state index in [0.717, 1.165) is 29.8 Å². The molecule has 0 saturated heterocycles. The summed E-state index contributed by atoms with van der Waals surface area (Å²) in [5.41, 5.74) is 1.91. The van der Waals surface area contributed by atoms with Crippen molar-refractivity contribution >= 4 is 5.69 Å². The summed E-state index contributed by atoms with van der Waals surface area (Å²) in [4.78, 5) is 0. The van der Waals surface area contributed by atoms with Crippen molar-refractivity contribution in [1.82, 2.24) is 0 Å². The van der Waals surface area contributed by atoms with Gasteiger partial charge in [-0.3, -0.25) is 0 Å².